The summed E-state index contributed by atoms with van der Waals surface area (Å²) >= 11 is 12.1. The topological polar surface area (TPSA) is 249 Å². The second-order valence-corrected chi connectivity index (χ2v) is 19.4. The van der Waals surface area contributed by atoms with Gasteiger partial charge in [0.05, 0.1) is 27.3 Å². The molecule has 6 aromatic rings. The minimum atomic E-state index is -1.06. The van der Waals surface area contributed by atoms with Crippen molar-refractivity contribution in [2.75, 3.05) is 24.9 Å². The van der Waals surface area contributed by atoms with Crippen LogP contribution < -0.4 is 20.1 Å². The fraction of sp³-hybridized carbons (Fsp3) is 0.435. The van der Waals surface area contributed by atoms with E-state index in [1.165, 1.54) is 7.11 Å². The number of carbonyl (C=O) groups excluding carboxylic acids is 4. The Hall–Kier alpha value is -5.90. The number of imide groups is 1. The number of methoxy groups -OCH3 is 2. The number of imidazole rings is 2. The Bertz CT molecular complexity index is 2700. The van der Waals surface area contributed by atoms with E-state index >= 15 is 0 Å². The first-order valence-corrected chi connectivity index (χ1v) is 21.9. The second-order valence-electron chi connectivity index (χ2n) is 18.7. The Morgan fingerprint density at radius 3 is 1.27 bits per heavy atom. The zero-order valence-corrected chi connectivity index (χ0v) is 46.0. The number of halogens is 2. The van der Waals surface area contributed by atoms with Gasteiger partial charge in [-0.1, -0.05) is 60.7 Å². The molecule has 0 atom stereocenters. The Labute approximate surface area is 440 Å². The standard InChI is InChI=1S/C23H28ClN5O5.C13H12ClN5O.C10H18O5.Y/c1-22(2,3)33-20(30)29(21(31)34-23(4,5)6)17-15-16(26-18(24)27-17)28(19(25-15)32-7)13-14-11-9-8-10-12-14;1-20-13-16-9-10(15)17-12(14)18-11(9)19(13)7-8-5-3-2-4-6-8;1-9(2,3)14-7(11)13-8(12)15-10(4,5)6;/h8-12H,13H2,1-7H3;2-6H,7H2,1H3,(H2,15,17,18);1-6H3;. The van der Waals surface area contributed by atoms with Gasteiger partial charge in [0.2, 0.25) is 10.6 Å². The van der Waals surface area contributed by atoms with E-state index in [4.69, 9.17) is 57.4 Å². The predicted octanol–water partition coefficient (Wildman–Crippen LogP) is 10.2. The summed E-state index contributed by atoms with van der Waals surface area (Å²) in [6.07, 6.45) is -4.10. The molecule has 21 nitrogen and oxygen atoms in total. The molecule has 2 aromatic carbocycles. The number of aromatic nitrogens is 8. The summed E-state index contributed by atoms with van der Waals surface area (Å²) in [7, 11) is 3.00. The van der Waals surface area contributed by atoms with E-state index in [0.29, 0.717) is 35.2 Å². The van der Waals surface area contributed by atoms with Crippen LogP contribution in [0.4, 0.5) is 30.8 Å². The summed E-state index contributed by atoms with van der Waals surface area (Å²) in [5.74, 6) is 0.0636. The fourth-order valence-electron chi connectivity index (χ4n) is 5.67. The van der Waals surface area contributed by atoms with E-state index in [1.807, 2.05) is 65.2 Å². The second kappa shape index (κ2) is 24.3. The van der Waals surface area contributed by atoms with Crippen LogP contribution in [0.3, 0.4) is 0 Å². The molecule has 0 unspecified atom stereocenters. The zero-order valence-electron chi connectivity index (χ0n) is 41.6. The van der Waals surface area contributed by atoms with Gasteiger partial charge >= 0.3 is 24.5 Å². The van der Waals surface area contributed by atoms with Crippen LogP contribution in [0, 0.1) is 0 Å². The van der Waals surface area contributed by atoms with Crippen molar-refractivity contribution in [3.63, 3.8) is 0 Å². The van der Waals surface area contributed by atoms with Crippen LogP contribution in [0.25, 0.3) is 22.3 Å². The van der Waals surface area contributed by atoms with Gasteiger partial charge in [-0.25, -0.2) is 19.2 Å². The number of ether oxygens (including phenoxy) is 7. The monoisotopic (exact) mass is 1090 g/mol. The van der Waals surface area contributed by atoms with Gasteiger partial charge in [0, 0.05) is 32.7 Å². The molecular weight excluding hydrogens is 1030 g/mol. The number of nitrogen functional groups attached to an aromatic ring is 1. The van der Waals surface area contributed by atoms with E-state index in [-0.39, 0.29) is 72.1 Å². The van der Waals surface area contributed by atoms with Gasteiger partial charge in [-0.15, -0.1) is 0 Å². The molecule has 4 aromatic heterocycles. The Morgan fingerprint density at radius 2 is 0.900 bits per heavy atom. The van der Waals surface area contributed by atoms with Gasteiger partial charge in [-0.2, -0.15) is 34.8 Å². The van der Waals surface area contributed by atoms with Crippen LogP contribution in [-0.2, 0) is 69.5 Å². The molecule has 4 heterocycles. The van der Waals surface area contributed by atoms with Gasteiger partial charge < -0.3 is 38.9 Å². The molecule has 0 saturated heterocycles. The predicted molar refractivity (Wildman–Crippen MR) is 258 cm³/mol. The Balaban J connectivity index is 0.000000305. The molecule has 0 aliphatic heterocycles. The van der Waals surface area contributed by atoms with Crippen molar-refractivity contribution in [3.8, 4) is 12.0 Å². The third kappa shape index (κ3) is 17.8. The molecular formula is C46H58Cl2N10O11Y. The largest absolute Gasteiger partial charge is 0.519 e. The average molecular weight is 1090 g/mol. The third-order valence-electron chi connectivity index (χ3n) is 8.12. The molecule has 70 heavy (non-hydrogen) atoms. The van der Waals surface area contributed by atoms with Crippen molar-refractivity contribution in [2.45, 2.75) is 119 Å². The van der Waals surface area contributed by atoms with Crippen molar-refractivity contribution < 1.29 is 85.0 Å². The van der Waals surface area contributed by atoms with Crippen LogP contribution in [0.15, 0.2) is 60.7 Å². The quantitative estimate of drug-likeness (QED) is 0.0675. The molecule has 2 N–H and O–H groups in total. The summed E-state index contributed by atoms with van der Waals surface area (Å²) in [5, 5.41) is -0.108. The van der Waals surface area contributed by atoms with Gasteiger partial charge in [0.25, 0.3) is 12.0 Å². The Kier molecular flexibility index (Phi) is 20.3. The first-order chi connectivity index (χ1) is 32.0. The molecule has 6 rings (SSSR count). The summed E-state index contributed by atoms with van der Waals surface area (Å²) < 4.78 is 38.9. The number of benzene rings is 2. The van der Waals surface area contributed by atoms with E-state index in [9.17, 15) is 19.2 Å². The van der Waals surface area contributed by atoms with Gasteiger partial charge in [0.15, 0.2) is 34.0 Å². The first-order valence-electron chi connectivity index (χ1n) is 21.2. The smallest absolute Gasteiger partial charge is 0.468 e. The minimum Gasteiger partial charge on any atom is -0.468 e. The number of fused-ring (bicyclic) bond motifs is 2. The van der Waals surface area contributed by atoms with Crippen molar-refractivity contribution in [2.24, 2.45) is 0 Å². The van der Waals surface area contributed by atoms with E-state index < -0.39 is 46.9 Å². The number of anilines is 2. The molecule has 0 saturated carbocycles. The number of carbonyl (C=O) groups is 4. The summed E-state index contributed by atoms with van der Waals surface area (Å²) in [6.45, 7) is 21.0. The molecule has 375 valence electrons. The van der Waals surface area contributed by atoms with E-state index in [1.54, 1.807) is 94.8 Å². The average Bonchev–Trinajstić information content (AvgIpc) is 3.73. The first kappa shape index (κ1) is 58.4. The normalized spacial score (nSPS) is 11.4. The molecule has 0 fully saturated rings. The van der Waals surface area contributed by atoms with Crippen LogP contribution >= 0.6 is 23.2 Å². The molecule has 0 bridgehead atoms. The van der Waals surface area contributed by atoms with Gasteiger partial charge in [-0.3, -0.25) is 9.13 Å². The molecule has 0 aliphatic rings. The number of hydrogen-bond donors (Lipinski definition) is 1. The number of nitrogens with zero attached hydrogens (tertiary/aromatic N) is 9. The van der Waals surface area contributed by atoms with Gasteiger partial charge in [0.1, 0.15) is 22.4 Å². The SMILES string of the molecule is CC(C)(C)OC(=O)OC(=O)OC(C)(C)C.COc1nc2c(N(C(=O)OC(C)(C)C)C(=O)OC(C)(C)C)nc(Cl)nc2n1Cc1ccccc1.COc1nc2c(N)nc(Cl)nc2n1Cc1ccccc1.[Y]. The Morgan fingerprint density at radius 1 is 0.543 bits per heavy atom. The van der Waals surface area contributed by atoms with E-state index in [0.717, 1.165) is 11.1 Å². The number of rotatable bonds is 7. The minimum absolute atomic E-state index is 0. The summed E-state index contributed by atoms with van der Waals surface area (Å²) in [5.41, 5.74) is 6.13. The van der Waals surface area contributed by atoms with Crippen molar-refractivity contribution >= 4 is 81.7 Å². The maximum atomic E-state index is 13.1. The van der Waals surface area contributed by atoms with Crippen LogP contribution in [0.1, 0.15) is 94.2 Å². The fourth-order valence-corrected chi connectivity index (χ4v) is 6.00. The van der Waals surface area contributed by atoms with Crippen LogP contribution in [-0.4, -0.2) is 100 Å². The molecule has 2 amide bonds. The molecule has 24 heteroatoms. The molecule has 0 aliphatic carbocycles. The van der Waals surface area contributed by atoms with Gasteiger partial charge in [-0.05, 0) is 117 Å². The summed E-state index contributed by atoms with van der Waals surface area (Å²) in [4.78, 5) is 74.2. The van der Waals surface area contributed by atoms with Crippen molar-refractivity contribution in [1.82, 2.24) is 39.0 Å². The van der Waals surface area contributed by atoms with Crippen molar-refractivity contribution in [1.29, 1.82) is 0 Å². The molecule has 0 spiro atoms. The molecule has 1 radical (unpaired) electrons. The van der Waals surface area contributed by atoms with Crippen molar-refractivity contribution in [3.05, 3.63) is 82.4 Å². The van der Waals surface area contributed by atoms with Crippen LogP contribution in [0.5, 0.6) is 12.0 Å². The zero-order chi connectivity index (χ0) is 51.6. The number of hydrogen-bond acceptors (Lipinski definition) is 18. The van der Waals surface area contributed by atoms with Crippen LogP contribution in [0.2, 0.25) is 10.6 Å². The number of nitrogens with two attached hydrogens (primary N) is 1. The third-order valence-corrected chi connectivity index (χ3v) is 8.45. The summed E-state index contributed by atoms with van der Waals surface area (Å²) in [6, 6.07) is 20.1. The maximum absolute atomic E-state index is 13.1. The maximum Gasteiger partial charge on any atom is 0.519 e. The number of amides is 2. The van der Waals surface area contributed by atoms with E-state index in [2.05, 4.69) is 34.6 Å².